The number of anilines is 2. The van der Waals surface area contributed by atoms with Crippen LogP contribution in [0.15, 0.2) is 30.3 Å². The molecule has 0 atom stereocenters. The third kappa shape index (κ3) is 6.07. The molecule has 0 bridgehead atoms. The lowest BCUT2D eigenvalue weighted by molar-refractivity contribution is -0.137. The number of hydrogen-bond donors (Lipinski definition) is 2. The van der Waals surface area contributed by atoms with Crippen LogP contribution in [-0.4, -0.2) is 40.4 Å². The number of amides is 1. The van der Waals surface area contributed by atoms with Gasteiger partial charge in [0.1, 0.15) is 5.82 Å². The van der Waals surface area contributed by atoms with Gasteiger partial charge in [-0.3, -0.25) is 4.79 Å². The molecule has 1 aliphatic rings. The van der Waals surface area contributed by atoms with E-state index in [-0.39, 0.29) is 12.5 Å². The van der Waals surface area contributed by atoms with E-state index in [2.05, 4.69) is 20.6 Å². The molecule has 1 aliphatic heterocycles. The summed E-state index contributed by atoms with van der Waals surface area (Å²) in [5.41, 5.74) is 0.583. The van der Waals surface area contributed by atoms with Crippen LogP contribution in [0.1, 0.15) is 36.1 Å². The monoisotopic (exact) mass is 407 g/mol. The molecule has 0 spiro atoms. The molecule has 1 aromatic carbocycles. The number of hydrogen-bond acceptors (Lipinski definition) is 5. The fraction of sp³-hybridized carbons (Fsp3) is 0.450. The largest absolute Gasteiger partial charge is 0.416 e. The molecule has 156 valence electrons. The van der Waals surface area contributed by atoms with Crippen LogP contribution in [0.25, 0.3) is 0 Å². The van der Waals surface area contributed by atoms with Gasteiger partial charge >= 0.3 is 6.18 Å². The summed E-state index contributed by atoms with van der Waals surface area (Å²) < 4.78 is 38.5. The van der Waals surface area contributed by atoms with Crippen LogP contribution in [0.5, 0.6) is 0 Å². The lowest BCUT2D eigenvalue weighted by Crippen LogP contribution is -2.27. The van der Waals surface area contributed by atoms with Gasteiger partial charge in [0.2, 0.25) is 11.9 Å². The van der Waals surface area contributed by atoms with E-state index in [4.69, 9.17) is 0 Å². The van der Waals surface area contributed by atoms with Crippen molar-refractivity contribution < 1.29 is 18.0 Å². The van der Waals surface area contributed by atoms with Gasteiger partial charge in [-0.2, -0.15) is 18.2 Å². The van der Waals surface area contributed by atoms with Crippen molar-refractivity contribution in [3.63, 3.8) is 0 Å². The standard InChI is InChI=1S/C20H24F3N5O/c1-14-11-17(25-13-15-5-2-6-16(12-15)20(21,22)23)27-19(26-14)24-8-4-10-28-9-3-7-18(28)29/h2,5-6,11-12H,3-4,7-10,13H2,1H3,(H2,24,25,26,27). The van der Waals surface area contributed by atoms with Gasteiger partial charge in [-0.25, -0.2) is 4.98 Å². The minimum atomic E-state index is -4.36. The molecule has 2 heterocycles. The molecular weight excluding hydrogens is 383 g/mol. The Hall–Kier alpha value is -2.84. The van der Waals surface area contributed by atoms with Crippen LogP contribution >= 0.6 is 0 Å². The van der Waals surface area contributed by atoms with Crippen molar-refractivity contribution in [2.24, 2.45) is 0 Å². The number of carbonyl (C=O) groups excluding carboxylic acids is 1. The summed E-state index contributed by atoms with van der Waals surface area (Å²) in [7, 11) is 0. The molecule has 0 unspecified atom stereocenters. The Labute approximate surface area is 167 Å². The van der Waals surface area contributed by atoms with E-state index in [1.165, 1.54) is 6.07 Å². The summed E-state index contributed by atoms with van der Waals surface area (Å²) in [4.78, 5) is 22.2. The van der Waals surface area contributed by atoms with Crippen LogP contribution in [0.2, 0.25) is 0 Å². The SMILES string of the molecule is Cc1cc(NCc2cccc(C(F)(F)F)c2)nc(NCCCN2CCCC2=O)n1. The van der Waals surface area contributed by atoms with Gasteiger partial charge in [0.15, 0.2) is 0 Å². The minimum absolute atomic E-state index is 0.206. The van der Waals surface area contributed by atoms with E-state index in [0.29, 0.717) is 36.8 Å². The van der Waals surface area contributed by atoms with Crippen molar-refractivity contribution in [3.8, 4) is 0 Å². The number of aromatic nitrogens is 2. The van der Waals surface area contributed by atoms with Gasteiger partial charge in [0, 0.05) is 44.4 Å². The smallest absolute Gasteiger partial charge is 0.366 e. The van der Waals surface area contributed by atoms with E-state index >= 15 is 0 Å². The average molecular weight is 407 g/mol. The average Bonchev–Trinajstić information content (AvgIpc) is 3.08. The molecule has 1 saturated heterocycles. The molecule has 0 saturated carbocycles. The Morgan fingerprint density at radius 1 is 1.17 bits per heavy atom. The topological polar surface area (TPSA) is 70.2 Å². The number of halogens is 3. The number of benzene rings is 1. The minimum Gasteiger partial charge on any atom is -0.366 e. The summed E-state index contributed by atoms with van der Waals surface area (Å²) >= 11 is 0. The van der Waals surface area contributed by atoms with E-state index in [0.717, 1.165) is 37.2 Å². The molecule has 3 rings (SSSR count). The number of nitrogens with zero attached hydrogens (tertiary/aromatic N) is 3. The van der Waals surface area contributed by atoms with Crippen molar-refractivity contribution in [3.05, 3.63) is 47.2 Å². The van der Waals surface area contributed by atoms with E-state index in [1.54, 1.807) is 12.1 Å². The second-order valence-corrected chi connectivity index (χ2v) is 7.03. The lowest BCUT2D eigenvalue weighted by atomic mass is 10.1. The molecule has 1 amide bonds. The zero-order valence-corrected chi connectivity index (χ0v) is 16.2. The molecule has 2 aromatic rings. The Morgan fingerprint density at radius 2 is 2.00 bits per heavy atom. The second-order valence-electron chi connectivity index (χ2n) is 7.03. The summed E-state index contributed by atoms with van der Waals surface area (Å²) in [6.45, 7) is 4.20. The molecule has 2 N–H and O–H groups in total. The van der Waals surface area contributed by atoms with E-state index in [1.807, 2.05) is 11.8 Å². The number of aryl methyl sites for hydroxylation is 1. The van der Waals surface area contributed by atoms with Crippen LogP contribution in [0.4, 0.5) is 24.9 Å². The maximum absolute atomic E-state index is 12.8. The van der Waals surface area contributed by atoms with Gasteiger partial charge in [0.25, 0.3) is 0 Å². The number of likely N-dealkylation sites (tertiary alicyclic amines) is 1. The van der Waals surface area contributed by atoms with Crippen LogP contribution < -0.4 is 10.6 Å². The molecule has 1 aromatic heterocycles. The first-order valence-electron chi connectivity index (χ1n) is 9.58. The van der Waals surface area contributed by atoms with Crippen LogP contribution in [0.3, 0.4) is 0 Å². The molecule has 0 aliphatic carbocycles. The van der Waals surface area contributed by atoms with Crippen molar-refractivity contribution in [1.29, 1.82) is 0 Å². The lowest BCUT2D eigenvalue weighted by Gasteiger charge is -2.15. The number of nitrogens with one attached hydrogen (secondary N) is 2. The fourth-order valence-electron chi connectivity index (χ4n) is 3.20. The van der Waals surface area contributed by atoms with Gasteiger partial charge < -0.3 is 15.5 Å². The maximum atomic E-state index is 12.8. The van der Waals surface area contributed by atoms with E-state index < -0.39 is 11.7 Å². The van der Waals surface area contributed by atoms with Crippen molar-refractivity contribution in [2.75, 3.05) is 30.3 Å². The van der Waals surface area contributed by atoms with Crippen LogP contribution in [-0.2, 0) is 17.5 Å². The number of rotatable bonds is 8. The van der Waals surface area contributed by atoms with Gasteiger partial charge in [-0.1, -0.05) is 12.1 Å². The van der Waals surface area contributed by atoms with Crippen molar-refractivity contribution in [1.82, 2.24) is 14.9 Å². The Morgan fingerprint density at radius 3 is 2.72 bits per heavy atom. The molecule has 29 heavy (non-hydrogen) atoms. The number of carbonyl (C=O) groups is 1. The summed E-state index contributed by atoms with van der Waals surface area (Å²) in [5, 5.41) is 6.19. The highest BCUT2D eigenvalue weighted by Crippen LogP contribution is 2.29. The van der Waals surface area contributed by atoms with E-state index in [9.17, 15) is 18.0 Å². The molecule has 1 fully saturated rings. The molecule has 9 heteroatoms. The maximum Gasteiger partial charge on any atom is 0.416 e. The fourth-order valence-corrected chi connectivity index (χ4v) is 3.20. The van der Waals surface area contributed by atoms with Gasteiger partial charge in [-0.15, -0.1) is 0 Å². The number of alkyl halides is 3. The van der Waals surface area contributed by atoms with Gasteiger partial charge in [0.05, 0.1) is 5.56 Å². The first-order chi connectivity index (χ1) is 13.8. The zero-order valence-electron chi connectivity index (χ0n) is 16.2. The molecule has 0 radical (unpaired) electrons. The predicted molar refractivity (Wildman–Crippen MR) is 104 cm³/mol. The third-order valence-corrected chi connectivity index (χ3v) is 4.64. The Kier molecular flexibility index (Phi) is 6.56. The third-order valence-electron chi connectivity index (χ3n) is 4.64. The normalized spacial score (nSPS) is 14.3. The second kappa shape index (κ2) is 9.11. The highest BCUT2D eigenvalue weighted by atomic mass is 19.4. The zero-order chi connectivity index (χ0) is 20.9. The highest BCUT2D eigenvalue weighted by Gasteiger charge is 2.30. The molecule has 6 nitrogen and oxygen atoms in total. The first kappa shape index (κ1) is 20.9. The summed E-state index contributed by atoms with van der Waals surface area (Å²) in [6.07, 6.45) is -2.02. The molecular formula is C20H24F3N5O. The van der Waals surface area contributed by atoms with Crippen molar-refractivity contribution >= 4 is 17.7 Å². The first-order valence-corrected chi connectivity index (χ1v) is 9.58. The van der Waals surface area contributed by atoms with Gasteiger partial charge in [-0.05, 0) is 37.5 Å². The van der Waals surface area contributed by atoms with Crippen LogP contribution in [0, 0.1) is 6.92 Å². The van der Waals surface area contributed by atoms with Crippen molar-refractivity contribution in [2.45, 2.75) is 38.9 Å². The highest BCUT2D eigenvalue weighted by molar-refractivity contribution is 5.78. The summed E-state index contributed by atoms with van der Waals surface area (Å²) in [6, 6.07) is 6.94. The Balaban J connectivity index is 1.53. The quantitative estimate of drug-likeness (QED) is 0.651. The summed E-state index contributed by atoms with van der Waals surface area (Å²) in [5.74, 6) is 1.19. The predicted octanol–water partition coefficient (Wildman–Crippen LogP) is 3.84. The Bertz CT molecular complexity index is 856.